The highest BCUT2D eigenvalue weighted by atomic mass is 32.3. The molecule has 0 saturated carbocycles. The van der Waals surface area contributed by atoms with E-state index in [2.05, 4.69) is 0 Å². The van der Waals surface area contributed by atoms with Gasteiger partial charge in [-0.3, -0.25) is 29.8 Å². The Morgan fingerprint density at radius 2 is 0.870 bits per heavy atom. The van der Waals surface area contributed by atoms with Gasteiger partial charge in [0, 0.05) is 60.1 Å². The largest absolute Gasteiger partial charge is 0.370 e. The highest BCUT2D eigenvalue weighted by molar-refractivity contribution is 8.45. The number of nitrogens with two attached hydrogens (primary N) is 2. The van der Waals surface area contributed by atoms with Crippen molar-refractivity contribution in [2.24, 2.45) is 11.5 Å². The lowest BCUT2D eigenvalue weighted by Crippen LogP contribution is -2.11. The maximum atomic E-state index is 11.3. The molecule has 0 atom stereocenters. The Morgan fingerprint density at radius 3 is 1.15 bits per heavy atom. The molecule has 2 heterocycles. The lowest BCUT2D eigenvalue weighted by atomic mass is 10.1. The van der Waals surface area contributed by atoms with Crippen LogP contribution in [0.4, 0.5) is 11.4 Å². The van der Waals surface area contributed by atoms with Crippen molar-refractivity contribution in [3.05, 3.63) is 105 Å². The van der Waals surface area contributed by atoms with Crippen LogP contribution in [0.25, 0.3) is 0 Å². The van der Waals surface area contributed by atoms with Crippen LogP contribution in [-0.2, 0) is 22.4 Å². The molecule has 4 rings (SSSR count). The molecule has 244 valence electrons. The fourth-order valence-corrected chi connectivity index (χ4v) is 15.8. The number of amides is 2. The van der Waals surface area contributed by atoms with Crippen LogP contribution >= 0.6 is 94.1 Å². The fraction of sp³-hybridized carbons (Fsp3) is 0.286. The Balaban J connectivity index is 1.45. The van der Waals surface area contributed by atoms with Crippen molar-refractivity contribution in [2.75, 3.05) is 23.0 Å². The van der Waals surface area contributed by atoms with Crippen LogP contribution in [0.2, 0.25) is 0 Å². The van der Waals surface area contributed by atoms with Gasteiger partial charge in [0.25, 0.3) is 11.4 Å². The summed E-state index contributed by atoms with van der Waals surface area (Å²) in [7, 11) is 0. The van der Waals surface area contributed by atoms with E-state index in [1.54, 1.807) is 118 Å². The minimum absolute atomic E-state index is 0.0734. The quantitative estimate of drug-likeness (QED) is 0.109. The monoisotopic (exact) mass is 772 g/mol. The van der Waals surface area contributed by atoms with E-state index in [0.29, 0.717) is 11.5 Å². The van der Waals surface area contributed by atoms with E-state index in [-0.39, 0.29) is 36.0 Å². The summed E-state index contributed by atoms with van der Waals surface area (Å²) < 4.78 is 6.90. The van der Waals surface area contributed by atoms with E-state index in [1.807, 2.05) is 0 Å². The van der Waals surface area contributed by atoms with Crippen molar-refractivity contribution >= 4 is 117 Å². The molecule has 0 aliphatic carbocycles. The van der Waals surface area contributed by atoms with Gasteiger partial charge in [-0.15, -0.1) is 47.0 Å². The van der Waals surface area contributed by atoms with Crippen molar-refractivity contribution < 1.29 is 19.4 Å². The molecule has 0 unspecified atom stereocenters. The van der Waals surface area contributed by atoms with E-state index in [4.69, 9.17) is 11.5 Å². The number of benzene rings is 2. The van der Waals surface area contributed by atoms with Gasteiger partial charge in [-0.25, -0.2) is 0 Å². The molecule has 0 radical (unpaired) electrons. The minimum Gasteiger partial charge on any atom is -0.370 e. The Hall–Kier alpha value is -1.80. The number of thioether (sulfide) groups is 8. The topological polar surface area (TPSA) is 172 Å². The molecule has 0 saturated heterocycles. The first kappa shape index (κ1) is 37.0. The molecule has 0 bridgehead atoms. The number of primary amides is 2. The molecule has 18 heteroatoms. The van der Waals surface area contributed by atoms with Gasteiger partial charge >= 0.3 is 0 Å². The first-order valence-electron chi connectivity index (χ1n) is 13.6. The summed E-state index contributed by atoms with van der Waals surface area (Å²) in [4.78, 5) is 43.9. The number of rotatable bonds is 18. The summed E-state index contributed by atoms with van der Waals surface area (Å²) in [6, 6.07) is 13.3. The van der Waals surface area contributed by atoms with Crippen LogP contribution in [0, 0.1) is 20.2 Å². The van der Waals surface area contributed by atoms with Crippen LogP contribution in [0.15, 0.2) is 74.0 Å². The summed E-state index contributed by atoms with van der Waals surface area (Å²) in [6.45, 7) is 0. The zero-order valence-electron chi connectivity index (χ0n) is 24.0. The van der Waals surface area contributed by atoms with Gasteiger partial charge in [0.15, 0.2) is 0 Å². The molecule has 2 aromatic rings. The average Bonchev–Trinajstić information content (AvgIpc) is 3.61. The number of nitro groups is 2. The smallest absolute Gasteiger partial charge is 0.269 e. The summed E-state index contributed by atoms with van der Waals surface area (Å²) in [6.07, 6.45) is 2.08. The SMILES string of the molecule is NC(=O)CCSC1=C(SCCC(N)=O)SC(=C2SC(SCCc3ccc([N+](=O)[O-])cc3)=C(SCCc3ccc([N+](=O)[O-])cc3)S2)S1. The Morgan fingerprint density at radius 1 is 0.565 bits per heavy atom. The second-order valence-electron chi connectivity index (χ2n) is 9.31. The third kappa shape index (κ3) is 11.7. The molecule has 2 aromatic carbocycles. The highest BCUT2D eigenvalue weighted by Crippen LogP contribution is 2.66. The summed E-state index contributed by atoms with van der Waals surface area (Å²) >= 11 is 13.5. The van der Waals surface area contributed by atoms with Gasteiger partial charge in [-0.2, -0.15) is 0 Å². The number of non-ortho nitro benzene ring substituents is 2. The van der Waals surface area contributed by atoms with Crippen LogP contribution < -0.4 is 11.5 Å². The standard InChI is InChI=1S/C28H28N4O6S8/c29-21(33)11-15-41-25-26(42-16-12-22(30)34)46-28(45-25)27-43-23(39-13-9-17-1-5-19(6-2-17)31(35)36)24(44-27)40-14-10-18-3-7-20(8-4-18)32(37)38/h1-8H,9-16H2,(H2,29,33)(H2,30,34). The van der Waals surface area contributed by atoms with E-state index in [9.17, 15) is 29.8 Å². The van der Waals surface area contributed by atoms with Crippen molar-refractivity contribution in [1.82, 2.24) is 0 Å². The number of nitrogens with zero attached hydrogens (tertiary/aromatic N) is 2. The van der Waals surface area contributed by atoms with Crippen LogP contribution in [0.1, 0.15) is 24.0 Å². The van der Waals surface area contributed by atoms with Crippen LogP contribution in [0.3, 0.4) is 0 Å². The summed E-state index contributed by atoms with van der Waals surface area (Å²) in [5, 5.41) is 22.0. The second-order valence-corrected chi connectivity index (χ2v) is 19.4. The Kier molecular flexibility index (Phi) is 15.0. The molecule has 0 fully saturated rings. The molecule has 2 amide bonds. The third-order valence-corrected chi connectivity index (χ3v) is 17.5. The number of hydrogen-bond acceptors (Lipinski definition) is 14. The lowest BCUT2D eigenvalue weighted by Gasteiger charge is -2.06. The molecule has 10 nitrogen and oxygen atoms in total. The molecule has 4 N–H and O–H groups in total. The van der Waals surface area contributed by atoms with Crippen molar-refractivity contribution in [3.63, 3.8) is 0 Å². The van der Waals surface area contributed by atoms with Crippen LogP contribution in [0.5, 0.6) is 0 Å². The normalized spacial score (nSPS) is 14.8. The number of nitro benzene ring substituents is 2. The number of hydrogen-bond donors (Lipinski definition) is 2. The zero-order valence-corrected chi connectivity index (χ0v) is 30.6. The third-order valence-electron chi connectivity index (χ3n) is 5.95. The second kappa shape index (κ2) is 18.7. The van der Waals surface area contributed by atoms with Gasteiger partial charge < -0.3 is 11.5 Å². The Bertz CT molecular complexity index is 1450. The predicted molar refractivity (Wildman–Crippen MR) is 202 cm³/mol. The van der Waals surface area contributed by atoms with Gasteiger partial charge in [0.2, 0.25) is 11.8 Å². The summed E-state index contributed by atoms with van der Waals surface area (Å²) in [5.74, 6) is 2.07. The highest BCUT2D eigenvalue weighted by Gasteiger charge is 2.31. The number of carbonyl (C=O) groups is 2. The van der Waals surface area contributed by atoms with Crippen molar-refractivity contribution in [1.29, 1.82) is 0 Å². The number of carbonyl (C=O) groups excluding carboxylic acids is 2. The molecule has 0 aromatic heterocycles. The van der Waals surface area contributed by atoms with Gasteiger partial charge in [-0.1, -0.05) is 71.3 Å². The first-order chi connectivity index (χ1) is 22.1. The van der Waals surface area contributed by atoms with E-state index in [0.717, 1.165) is 48.2 Å². The molecule has 46 heavy (non-hydrogen) atoms. The zero-order chi connectivity index (χ0) is 33.1. The molecular formula is C28H28N4O6S8. The molecular weight excluding hydrogens is 745 g/mol. The molecule has 2 aliphatic heterocycles. The fourth-order valence-electron chi connectivity index (χ4n) is 3.65. The maximum absolute atomic E-state index is 11.3. The predicted octanol–water partition coefficient (Wildman–Crippen LogP) is 8.31. The van der Waals surface area contributed by atoms with Crippen molar-refractivity contribution in [2.45, 2.75) is 25.7 Å². The lowest BCUT2D eigenvalue weighted by molar-refractivity contribution is -0.385. The van der Waals surface area contributed by atoms with Gasteiger partial charge in [0.1, 0.15) is 0 Å². The first-order valence-corrected chi connectivity index (χ1v) is 20.8. The summed E-state index contributed by atoms with van der Waals surface area (Å²) in [5.41, 5.74) is 12.9. The van der Waals surface area contributed by atoms with E-state index >= 15 is 0 Å². The van der Waals surface area contributed by atoms with Crippen LogP contribution in [-0.4, -0.2) is 44.7 Å². The van der Waals surface area contributed by atoms with E-state index in [1.165, 1.54) is 37.0 Å². The number of aryl methyl sites for hydroxylation is 2. The van der Waals surface area contributed by atoms with Gasteiger partial charge in [0.05, 0.1) is 35.3 Å². The van der Waals surface area contributed by atoms with Gasteiger partial charge in [-0.05, 0) is 24.0 Å². The molecule has 2 aliphatic rings. The maximum Gasteiger partial charge on any atom is 0.269 e. The molecule has 0 spiro atoms. The average molecular weight is 773 g/mol. The Labute approximate surface area is 300 Å². The van der Waals surface area contributed by atoms with E-state index < -0.39 is 9.85 Å². The minimum atomic E-state index is -0.401. The van der Waals surface area contributed by atoms with Crippen molar-refractivity contribution in [3.8, 4) is 0 Å².